The maximum absolute atomic E-state index is 11.8. The number of aromatic amines is 1. The summed E-state index contributed by atoms with van der Waals surface area (Å²) in [6, 6.07) is 8.21. The fourth-order valence-electron chi connectivity index (χ4n) is 1.68. The Hall–Kier alpha value is -2.67. The van der Waals surface area contributed by atoms with Gasteiger partial charge in [-0.25, -0.2) is 9.78 Å². The van der Waals surface area contributed by atoms with E-state index in [4.69, 9.17) is 15.6 Å². The van der Waals surface area contributed by atoms with Crippen LogP contribution in [0.5, 0.6) is 0 Å². The second-order valence-corrected chi connectivity index (χ2v) is 4.47. The minimum Gasteiger partial charge on any atom is -0.480 e. The maximum Gasteiger partial charge on any atom is 0.374 e. The Morgan fingerprint density at radius 1 is 1.33 bits per heavy atom. The normalized spacial score (nSPS) is 11.9. The molecule has 0 unspecified atom stereocenters. The van der Waals surface area contributed by atoms with Crippen LogP contribution in [0.15, 0.2) is 36.5 Å². The highest BCUT2D eigenvalue weighted by molar-refractivity contribution is 5.85. The summed E-state index contributed by atoms with van der Waals surface area (Å²) in [5, 5.41) is 8.72. The van der Waals surface area contributed by atoms with Crippen LogP contribution in [0.3, 0.4) is 0 Å². The van der Waals surface area contributed by atoms with Gasteiger partial charge in [-0.2, -0.15) is 0 Å². The third-order valence-electron chi connectivity index (χ3n) is 2.79. The van der Waals surface area contributed by atoms with Gasteiger partial charge in [0, 0.05) is 18.3 Å². The molecule has 0 radical (unpaired) electrons. The molecule has 0 fully saturated rings. The number of hydrogen-bond donors (Lipinski definition) is 3. The number of ether oxygens (including phenoxy) is 1. The van der Waals surface area contributed by atoms with Crippen LogP contribution in [0.2, 0.25) is 0 Å². The quantitative estimate of drug-likeness (QED) is 0.674. The second-order valence-electron chi connectivity index (χ2n) is 4.47. The van der Waals surface area contributed by atoms with E-state index >= 15 is 0 Å². The minimum absolute atomic E-state index is 0.0264. The van der Waals surface area contributed by atoms with Crippen molar-refractivity contribution in [2.45, 2.75) is 19.1 Å². The molecule has 4 N–H and O–H groups in total. The van der Waals surface area contributed by atoms with Gasteiger partial charge in [0.15, 0.2) is 0 Å². The lowest BCUT2D eigenvalue weighted by Gasteiger charge is -2.04. The van der Waals surface area contributed by atoms with Crippen molar-refractivity contribution in [3.05, 3.63) is 53.6 Å². The Morgan fingerprint density at radius 2 is 2.05 bits per heavy atom. The number of nitrogens with one attached hydrogen (secondary N) is 1. The number of H-pyrrole nitrogens is 1. The van der Waals surface area contributed by atoms with Gasteiger partial charge in [-0.05, 0) is 5.56 Å². The zero-order valence-corrected chi connectivity index (χ0v) is 11.2. The first-order valence-corrected chi connectivity index (χ1v) is 6.29. The average Bonchev–Trinajstić information content (AvgIpc) is 2.94. The van der Waals surface area contributed by atoms with Crippen molar-refractivity contribution >= 4 is 11.9 Å². The molecule has 1 aromatic heterocycles. The fraction of sp³-hybridized carbons (Fsp3) is 0.214. The monoisotopic (exact) mass is 289 g/mol. The Bertz CT molecular complexity index is 624. The van der Waals surface area contributed by atoms with E-state index in [0.29, 0.717) is 5.69 Å². The van der Waals surface area contributed by atoms with Crippen LogP contribution in [0, 0.1) is 0 Å². The second kappa shape index (κ2) is 6.67. The summed E-state index contributed by atoms with van der Waals surface area (Å²) in [5.74, 6) is -1.69. The number of esters is 1. The largest absolute Gasteiger partial charge is 0.480 e. The van der Waals surface area contributed by atoms with E-state index in [2.05, 4.69) is 9.97 Å². The van der Waals surface area contributed by atoms with Gasteiger partial charge < -0.3 is 20.6 Å². The van der Waals surface area contributed by atoms with Gasteiger partial charge >= 0.3 is 11.9 Å². The first-order chi connectivity index (χ1) is 10.1. The molecule has 1 aromatic carbocycles. The lowest BCUT2D eigenvalue weighted by Crippen LogP contribution is -2.32. The number of aromatic nitrogens is 2. The van der Waals surface area contributed by atoms with Crippen LogP contribution in [-0.4, -0.2) is 33.1 Å². The molecular formula is C14H15N3O4. The van der Waals surface area contributed by atoms with Crippen LogP contribution in [0.1, 0.15) is 21.9 Å². The smallest absolute Gasteiger partial charge is 0.374 e. The van der Waals surface area contributed by atoms with Gasteiger partial charge in [0.2, 0.25) is 5.82 Å². The summed E-state index contributed by atoms with van der Waals surface area (Å²) in [4.78, 5) is 29.0. The molecule has 2 rings (SSSR count). The third kappa shape index (κ3) is 4.15. The van der Waals surface area contributed by atoms with Crippen molar-refractivity contribution in [1.29, 1.82) is 0 Å². The zero-order chi connectivity index (χ0) is 15.2. The molecule has 0 bridgehead atoms. The van der Waals surface area contributed by atoms with Crippen LogP contribution < -0.4 is 5.73 Å². The molecule has 0 aliphatic heterocycles. The molecule has 0 saturated heterocycles. The highest BCUT2D eigenvalue weighted by Gasteiger charge is 2.16. The van der Waals surface area contributed by atoms with Gasteiger partial charge in [0.1, 0.15) is 12.6 Å². The number of nitrogens with two attached hydrogens (primary N) is 1. The molecule has 7 nitrogen and oxygen atoms in total. The zero-order valence-electron chi connectivity index (χ0n) is 11.2. The van der Waals surface area contributed by atoms with E-state index in [1.165, 1.54) is 6.20 Å². The SMILES string of the molecule is N[C@@H](Cc1cnc(C(=O)OCc2ccccc2)[nH]1)C(=O)O. The lowest BCUT2D eigenvalue weighted by molar-refractivity contribution is -0.138. The number of hydrogen-bond acceptors (Lipinski definition) is 5. The molecule has 0 aliphatic carbocycles. The molecule has 21 heavy (non-hydrogen) atoms. The molecule has 0 spiro atoms. The van der Waals surface area contributed by atoms with Gasteiger partial charge in [-0.15, -0.1) is 0 Å². The third-order valence-corrected chi connectivity index (χ3v) is 2.79. The summed E-state index contributed by atoms with van der Waals surface area (Å²) in [5.41, 5.74) is 6.74. The lowest BCUT2D eigenvalue weighted by atomic mass is 10.2. The van der Waals surface area contributed by atoms with E-state index in [1.54, 1.807) is 0 Å². The number of nitrogens with zero attached hydrogens (tertiary/aromatic N) is 1. The molecule has 0 aliphatic rings. The fourth-order valence-corrected chi connectivity index (χ4v) is 1.68. The van der Waals surface area contributed by atoms with E-state index in [0.717, 1.165) is 5.56 Å². The van der Waals surface area contributed by atoms with Gasteiger partial charge in [-0.3, -0.25) is 4.79 Å². The Balaban J connectivity index is 1.91. The minimum atomic E-state index is -1.11. The molecule has 0 amide bonds. The van der Waals surface area contributed by atoms with E-state index in [9.17, 15) is 9.59 Å². The molecular weight excluding hydrogens is 274 g/mol. The number of carboxylic acids is 1. The van der Waals surface area contributed by atoms with Crippen molar-refractivity contribution < 1.29 is 19.4 Å². The predicted molar refractivity (Wildman–Crippen MR) is 73.5 cm³/mol. The predicted octanol–water partition coefficient (Wildman–Crippen LogP) is 0.721. The number of carboxylic acid groups (broad SMARTS) is 1. The molecule has 7 heteroatoms. The molecule has 110 valence electrons. The summed E-state index contributed by atoms with van der Waals surface area (Å²) in [6.07, 6.45) is 1.44. The highest BCUT2D eigenvalue weighted by Crippen LogP contribution is 2.05. The Kier molecular flexibility index (Phi) is 4.68. The molecule has 1 heterocycles. The Labute approximate surface area is 120 Å². The number of benzene rings is 1. The average molecular weight is 289 g/mol. The van der Waals surface area contributed by atoms with Gasteiger partial charge in [0.05, 0.1) is 0 Å². The van der Waals surface area contributed by atoms with Gasteiger partial charge in [0.25, 0.3) is 0 Å². The van der Waals surface area contributed by atoms with Crippen molar-refractivity contribution in [1.82, 2.24) is 9.97 Å². The number of imidazole rings is 1. The summed E-state index contributed by atoms with van der Waals surface area (Å²) in [7, 11) is 0. The van der Waals surface area contributed by atoms with Crippen LogP contribution in [-0.2, 0) is 22.6 Å². The van der Waals surface area contributed by atoms with Crippen molar-refractivity contribution in [3.63, 3.8) is 0 Å². The summed E-state index contributed by atoms with van der Waals surface area (Å²) >= 11 is 0. The number of aliphatic carboxylic acids is 1. The molecule has 2 aromatic rings. The Morgan fingerprint density at radius 3 is 2.71 bits per heavy atom. The van der Waals surface area contributed by atoms with Crippen molar-refractivity contribution in [2.24, 2.45) is 5.73 Å². The standard InChI is InChI=1S/C14H15N3O4/c15-11(13(18)19)6-10-7-16-12(17-10)14(20)21-8-9-4-2-1-3-5-9/h1-5,7,11H,6,8,15H2,(H,16,17)(H,18,19)/t11-/m0/s1. The number of carbonyl (C=O) groups excluding carboxylic acids is 1. The van der Waals surface area contributed by atoms with Crippen LogP contribution in [0.25, 0.3) is 0 Å². The molecule has 1 atom stereocenters. The summed E-state index contributed by atoms with van der Waals surface area (Å²) in [6.45, 7) is 0.143. The van der Waals surface area contributed by atoms with E-state index < -0.39 is 18.0 Å². The highest BCUT2D eigenvalue weighted by atomic mass is 16.5. The topological polar surface area (TPSA) is 118 Å². The summed E-state index contributed by atoms with van der Waals surface area (Å²) < 4.78 is 5.10. The maximum atomic E-state index is 11.8. The number of rotatable bonds is 6. The van der Waals surface area contributed by atoms with E-state index in [-0.39, 0.29) is 18.9 Å². The van der Waals surface area contributed by atoms with Gasteiger partial charge in [-0.1, -0.05) is 30.3 Å². The first-order valence-electron chi connectivity index (χ1n) is 6.29. The molecule has 0 saturated carbocycles. The van der Waals surface area contributed by atoms with Crippen molar-refractivity contribution in [2.75, 3.05) is 0 Å². The first kappa shape index (κ1) is 14.7. The van der Waals surface area contributed by atoms with Crippen molar-refractivity contribution in [3.8, 4) is 0 Å². The van der Waals surface area contributed by atoms with Crippen LogP contribution in [0.4, 0.5) is 0 Å². The van der Waals surface area contributed by atoms with Crippen LogP contribution >= 0.6 is 0 Å². The van der Waals surface area contributed by atoms with E-state index in [1.807, 2.05) is 30.3 Å². The number of carbonyl (C=O) groups is 2.